The Balaban J connectivity index is 2.10. The second kappa shape index (κ2) is 5.77. The third-order valence-corrected chi connectivity index (χ3v) is 3.90. The molecule has 124 valence electrons. The number of aromatic hydroxyl groups is 2. The zero-order valence-corrected chi connectivity index (χ0v) is 12.8. The average molecular weight is 329 g/mol. The number of nitrogens with zero attached hydrogens (tertiary/aromatic N) is 1. The van der Waals surface area contributed by atoms with Gasteiger partial charge in [0.2, 0.25) is 0 Å². The highest BCUT2D eigenvalue weighted by molar-refractivity contribution is 6.08. The first-order chi connectivity index (χ1) is 11.4. The van der Waals surface area contributed by atoms with Crippen LogP contribution in [-0.4, -0.2) is 31.9 Å². The number of amides is 1. The van der Waals surface area contributed by atoms with E-state index in [-0.39, 0.29) is 29.2 Å². The molecule has 0 bridgehead atoms. The monoisotopic (exact) mass is 329 g/mol. The SMILES string of the molecule is CC(=O)C1=C(O)C(=O)N(Cc2ccco2)C1c1ccc(O)cc1O. The molecule has 0 saturated carbocycles. The average Bonchev–Trinajstić information content (AvgIpc) is 3.10. The van der Waals surface area contributed by atoms with Crippen molar-refractivity contribution in [2.45, 2.75) is 19.5 Å². The number of furan rings is 1. The fourth-order valence-electron chi connectivity index (χ4n) is 2.83. The predicted molar refractivity (Wildman–Crippen MR) is 82.1 cm³/mol. The van der Waals surface area contributed by atoms with E-state index in [1.54, 1.807) is 12.1 Å². The third-order valence-electron chi connectivity index (χ3n) is 3.90. The lowest BCUT2D eigenvalue weighted by Gasteiger charge is -2.26. The number of ketones is 1. The molecule has 0 aliphatic carbocycles. The van der Waals surface area contributed by atoms with E-state index in [4.69, 9.17) is 4.42 Å². The first kappa shape index (κ1) is 15.7. The molecule has 7 heteroatoms. The number of carbonyl (C=O) groups excluding carboxylic acids is 2. The van der Waals surface area contributed by atoms with Crippen molar-refractivity contribution >= 4 is 11.7 Å². The van der Waals surface area contributed by atoms with Crippen LogP contribution in [0.15, 0.2) is 52.3 Å². The summed E-state index contributed by atoms with van der Waals surface area (Å²) in [6, 6.07) is 6.18. The predicted octanol–water partition coefficient (Wildman–Crippen LogP) is 2.18. The fraction of sp³-hybridized carbons (Fsp3) is 0.176. The number of rotatable bonds is 4. The molecule has 0 saturated heterocycles. The normalized spacial score (nSPS) is 17.6. The van der Waals surface area contributed by atoms with E-state index in [2.05, 4.69) is 0 Å². The molecule has 1 unspecified atom stereocenters. The van der Waals surface area contributed by atoms with E-state index in [0.717, 1.165) is 6.07 Å². The van der Waals surface area contributed by atoms with Crippen LogP contribution >= 0.6 is 0 Å². The lowest BCUT2D eigenvalue weighted by molar-refractivity contribution is -0.130. The third kappa shape index (κ3) is 2.50. The van der Waals surface area contributed by atoms with Crippen LogP contribution in [0.5, 0.6) is 11.5 Å². The molecule has 0 fully saturated rings. The van der Waals surface area contributed by atoms with Crippen molar-refractivity contribution in [3.63, 3.8) is 0 Å². The molecular weight excluding hydrogens is 314 g/mol. The Morgan fingerprint density at radius 1 is 1.25 bits per heavy atom. The van der Waals surface area contributed by atoms with Gasteiger partial charge in [-0.15, -0.1) is 0 Å². The molecule has 3 rings (SSSR count). The molecule has 2 heterocycles. The van der Waals surface area contributed by atoms with Gasteiger partial charge in [-0.2, -0.15) is 0 Å². The summed E-state index contributed by atoms with van der Waals surface area (Å²) in [5.74, 6) is -1.84. The Kier molecular flexibility index (Phi) is 3.76. The molecule has 1 aromatic heterocycles. The quantitative estimate of drug-likeness (QED) is 0.793. The maximum Gasteiger partial charge on any atom is 0.290 e. The van der Waals surface area contributed by atoms with Crippen LogP contribution in [0.1, 0.15) is 24.3 Å². The number of phenolic OH excluding ortho intramolecular Hbond substituents is 2. The van der Waals surface area contributed by atoms with Crippen LogP contribution in [0.2, 0.25) is 0 Å². The number of aliphatic hydroxyl groups is 1. The van der Waals surface area contributed by atoms with E-state index in [9.17, 15) is 24.9 Å². The number of hydrogen-bond acceptors (Lipinski definition) is 6. The topological polar surface area (TPSA) is 111 Å². The van der Waals surface area contributed by atoms with Crippen LogP contribution in [0.4, 0.5) is 0 Å². The Bertz CT molecular complexity index is 837. The highest BCUT2D eigenvalue weighted by Crippen LogP contribution is 2.42. The van der Waals surface area contributed by atoms with Gasteiger partial charge < -0.3 is 24.6 Å². The lowest BCUT2D eigenvalue weighted by Crippen LogP contribution is -2.30. The molecule has 1 aliphatic heterocycles. The van der Waals surface area contributed by atoms with Gasteiger partial charge in [-0.3, -0.25) is 9.59 Å². The van der Waals surface area contributed by atoms with Gasteiger partial charge in [-0.25, -0.2) is 0 Å². The molecule has 1 aliphatic rings. The molecular formula is C17H15NO6. The Labute approximate surface area is 137 Å². The van der Waals surface area contributed by atoms with Gasteiger partial charge >= 0.3 is 0 Å². The van der Waals surface area contributed by atoms with Crippen molar-refractivity contribution in [2.24, 2.45) is 0 Å². The maximum atomic E-state index is 12.4. The standard InChI is InChI=1S/C17H15NO6/c1-9(19)14-15(12-5-4-10(20)7-13(12)21)18(17(23)16(14)22)8-11-3-2-6-24-11/h2-7,15,20-22H,8H2,1H3. The lowest BCUT2D eigenvalue weighted by atomic mass is 9.95. The molecule has 1 atom stereocenters. The summed E-state index contributed by atoms with van der Waals surface area (Å²) in [5.41, 5.74) is 0.120. The number of benzene rings is 1. The maximum absolute atomic E-state index is 12.4. The van der Waals surface area contributed by atoms with Gasteiger partial charge in [-0.05, 0) is 31.2 Å². The summed E-state index contributed by atoms with van der Waals surface area (Å²) < 4.78 is 5.23. The molecule has 24 heavy (non-hydrogen) atoms. The van der Waals surface area contributed by atoms with E-state index < -0.39 is 23.5 Å². The molecule has 1 aromatic carbocycles. The molecule has 1 amide bonds. The summed E-state index contributed by atoms with van der Waals surface area (Å²) >= 11 is 0. The van der Waals surface area contributed by atoms with Crippen LogP contribution in [0.25, 0.3) is 0 Å². The second-order valence-electron chi connectivity index (χ2n) is 5.48. The van der Waals surface area contributed by atoms with Crippen molar-refractivity contribution in [3.8, 4) is 11.5 Å². The zero-order chi connectivity index (χ0) is 17.4. The molecule has 3 N–H and O–H groups in total. The second-order valence-corrected chi connectivity index (χ2v) is 5.48. The van der Waals surface area contributed by atoms with Crippen molar-refractivity contribution in [1.82, 2.24) is 4.90 Å². The van der Waals surface area contributed by atoms with Crippen LogP contribution < -0.4 is 0 Å². The fourth-order valence-corrected chi connectivity index (χ4v) is 2.83. The number of carbonyl (C=O) groups is 2. The summed E-state index contributed by atoms with van der Waals surface area (Å²) in [6.07, 6.45) is 1.45. The van der Waals surface area contributed by atoms with Gasteiger partial charge in [0.1, 0.15) is 17.3 Å². The number of Topliss-reactive ketones (excluding diaryl/α,β-unsaturated/α-hetero) is 1. The van der Waals surface area contributed by atoms with Gasteiger partial charge in [0, 0.05) is 11.6 Å². The first-order valence-electron chi connectivity index (χ1n) is 7.19. The highest BCUT2D eigenvalue weighted by atomic mass is 16.3. The smallest absolute Gasteiger partial charge is 0.290 e. The van der Waals surface area contributed by atoms with Crippen molar-refractivity contribution in [2.75, 3.05) is 0 Å². The summed E-state index contributed by atoms with van der Waals surface area (Å²) in [5, 5.41) is 29.7. The number of phenols is 2. The van der Waals surface area contributed by atoms with Crippen LogP contribution in [0, 0.1) is 0 Å². The summed E-state index contributed by atoms with van der Waals surface area (Å²) in [6.45, 7) is 1.25. The number of hydrogen-bond donors (Lipinski definition) is 3. The van der Waals surface area contributed by atoms with Gasteiger partial charge in [-0.1, -0.05) is 0 Å². The Morgan fingerprint density at radius 3 is 2.58 bits per heavy atom. The Morgan fingerprint density at radius 2 is 2.00 bits per heavy atom. The van der Waals surface area contributed by atoms with Crippen molar-refractivity contribution in [3.05, 3.63) is 59.3 Å². The summed E-state index contributed by atoms with van der Waals surface area (Å²) in [7, 11) is 0. The zero-order valence-electron chi connectivity index (χ0n) is 12.8. The minimum Gasteiger partial charge on any atom is -0.508 e. The number of aliphatic hydroxyl groups excluding tert-OH is 1. The van der Waals surface area contributed by atoms with E-state index in [1.807, 2.05) is 0 Å². The van der Waals surface area contributed by atoms with E-state index >= 15 is 0 Å². The van der Waals surface area contributed by atoms with Gasteiger partial charge in [0.05, 0.1) is 24.4 Å². The minimum absolute atomic E-state index is 0.0116. The molecule has 7 nitrogen and oxygen atoms in total. The van der Waals surface area contributed by atoms with E-state index in [1.165, 1.54) is 30.2 Å². The van der Waals surface area contributed by atoms with Gasteiger partial charge in [0.15, 0.2) is 11.5 Å². The van der Waals surface area contributed by atoms with Crippen LogP contribution in [0.3, 0.4) is 0 Å². The van der Waals surface area contributed by atoms with E-state index in [0.29, 0.717) is 5.76 Å². The Hall–Kier alpha value is -3.22. The van der Waals surface area contributed by atoms with Crippen molar-refractivity contribution < 1.29 is 29.3 Å². The highest BCUT2D eigenvalue weighted by Gasteiger charge is 2.43. The summed E-state index contributed by atoms with van der Waals surface area (Å²) in [4.78, 5) is 25.6. The minimum atomic E-state index is -0.972. The molecule has 0 radical (unpaired) electrons. The largest absolute Gasteiger partial charge is 0.508 e. The van der Waals surface area contributed by atoms with Crippen molar-refractivity contribution in [1.29, 1.82) is 0 Å². The van der Waals surface area contributed by atoms with Crippen LogP contribution in [-0.2, 0) is 16.1 Å². The first-order valence-corrected chi connectivity index (χ1v) is 7.19. The van der Waals surface area contributed by atoms with Gasteiger partial charge in [0.25, 0.3) is 5.91 Å². The molecule has 0 spiro atoms. The molecule has 2 aromatic rings.